The van der Waals surface area contributed by atoms with E-state index in [1.807, 2.05) is 0 Å². The van der Waals surface area contributed by atoms with E-state index < -0.39 is 32.2 Å². The predicted octanol–water partition coefficient (Wildman–Crippen LogP) is 3.32. The molecule has 0 bridgehead atoms. The van der Waals surface area contributed by atoms with Gasteiger partial charge in [-0.25, -0.2) is 8.42 Å². The van der Waals surface area contributed by atoms with Crippen LogP contribution in [-0.4, -0.2) is 30.5 Å². The molecule has 1 atom stereocenters. The number of hydrogen-bond acceptors (Lipinski definition) is 4. The first-order valence-electron chi connectivity index (χ1n) is 7.85. The van der Waals surface area contributed by atoms with Gasteiger partial charge < -0.3 is 0 Å². The summed E-state index contributed by atoms with van der Waals surface area (Å²) in [5.41, 5.74) is 0.476. The van der Waals surface area contributed by atoms with Crippen molar-refractivity contribution in [2.45, 2.75) is 38.1 Å². The van der Waals surface area contributed by atoms with Gasteiger partial charge in [0.25, 0.3) is 5.91 Å². The summed E-state index contributed by atoms with van der Waals surface area (Å²) in [6.45, 7) is 4.87. The van der Waals surface area contributed by atoms with Crippen molar-refractivity contribution in [3.05, 3.63) is 41.0 Å². The zero-order chi connectivity index (χ0) is 19.5. The molecule has 0 aromatic heterocycles. The Bertz CT molecular complexity index is 964. The monoisotopic (exact) mass is 386 g/mol. The summed E-state index contributed by atoms with van der Waals surface area (Å²) in [4.78, 5) is 13.1. The zero-order valence-corrected chi connectivity index (χ0v) is 15.2. The van der Waals surface area contributed by atoms with Crippen molar-refractivity contribution in [2.24, 2.45) is 5.10 Å². The average Bonchev–Trinajstić information content (AvgIpc) is 2.78. The smallest absolute Gasteiger partial charge is 0.270 e. The Kier molecular flexibility index (Phi) is 4.06. The van der Waals surface area contributed by atoms with Crippen LogP contribution in [0.1, 0.15) is 32.8 Å². The Hall–Kier alpha value is -2.16. The third-order valence-corrected chi connectivity index (χ3v) is 7.46. The third kappa shape index (κ3) is 2.56. The summed E-state index contributed by atoms with van der Waals surface area (Å²) in [5.74, 6) is -1.10. The van der Waals surface area contributed by atoms with Crippen LogP contribution in [0.5, 0.6) is 0 Å². The standard InChI is InChI=1S/C17H17F3N2O3S/c1-10-8-16(26(24,25)9-11(10)2)12(3)21-22(15(16)23)14-6-4-5-13(7-14)17(18,19)20/h4-7H,8-9H2,1-3H3/t16-/m1/s1. The van der Waals surface area contributed by atoms with Crippen molar-refractivity contribution in [1.29, 1.82) is 0 Å². The maximum atomic E-state index is 13.1. The molecule has 5 nitrogen and oxygen atoms in total. The van der Waals surface area contributed by atoms with Gasteiger partial charge in [0, 0.05) is 6.42 Å². The molecule has 1 amide bonds. The molecule has 0 aliphatic carbocycles. The molecule has 0 unspecified atom stereocenters. The first-order chi connectivity index (χ1) is 11.9. The number of hydrazone groups is 1. The zero-order valence-electron chi connectivity index (χ0n) is 14.4. The number of amides is 1. The van der Waals surface area contributed by atoms with E-state index >= 15 is 0 Å². The van der Waals surface area contributed by atoms with E-state index in [0.29, 0.717) is 5.57 Å². The number of anilines is 1. The van der Waals surface area contributed by atoms with E-state index in [0.717, 1.165) is 28.8 Å². The molecule has 0 N–H and O–H groups in total. The first kappa shape index (κ1) is 18.6. The Labute approximate surface area is 149 Å². The van der Waals surface area contributed by atoms with Crippen LogP contribution >= 0.6 is 0 Å². The summed E-state index contributed by atoms with van der Waals surface area (Å²) in [5, 5.41) is 4.80. The quantitative estimate of drug-likeness (QED) is 0.696. The van der Waals surface area contributed by atoms with Crippen molar-refractivity contribution >= 4 is 27.1 Å². The van der Waals surface area contributed by atoms with Crippen LogP contribution in [0.4, 0.5) is 18.9 Å². The van der Waals surface area contributed by atoms with Gasteiger partial charge in [0.05, 0.1) is 22.7 Å². The van der Waals surface area contributed by atoms with Crippen molar-refractivity contribution < 1.29 is 26.4 Å². The lowest BCUT2D eigenvalue weighted by Gasteiger charge is -2.33. The predicted molar refractivity (Wildman–Crippen MR) is 91.5 cm³/mol. The molecule has 1 spiro atoms. The van der Waals surface area contributed by atoms with Gasteiger partial charge in [0.2, 0.25) is 0 Å². The molecule has 2 aliphatic rings. The minimum Gasteiger partial charge on any atom is -0.270 e. The molecule has 0 saturated heterocycles. The Morgan fingerprint density at radius 1 is 1.15 bits per heavy atom. The summed E-state index contributed by atoms with van der Waals surface area (Å²) in [6.07, 6.45) is -4.62. The van der Waals surface area contributed by atoms with Crippen LogP contribution in [0, 0.1) is 0 Å². The minimum atomic E-state index is -4.58. The third-order valence-electron chi connectivity index (χ3n) is 4.97. The van der Waals surface area contributed by atoms with Gasteiger partial charge in [0.1, 0.15) is 0 Å². The van der Waals surface area contributed by atoms with Crippen LogP contribution in [-0.2, 0) is 20.8 Å². The van der Waals surface area contributed by atoms with E-state index in [2.05, 4.69) is 5.10 Å². The van der Waals surface area contributed by atoms with Gasteiger partial charge in [0.15, 0.2) is 14.6 Å². The highest BCUT2D eigenvalue weighted by Crippen LogP contribution is 2.42. The number of carbonyl (C=O) groups excluding carboxylic acids is 1. The average molecular weight is 386 g/mol. The van der Waals surface area contributed by atoms with Crippen molar-refractivity contribution in [1.82, 2.24) is 0 Å². The van der Waals surface area contributed by atoms with Gasteiger partial charge >= 0.3 is 6.18 Å². The maximum absolute atomic E-state index is 13.1. The number of halogens is 3. The number of benzene rings is 1. The lowest BCUT2D eigenvalue weighted by atomic mass is 9.92. The minimum absolute atomic E-state index is 0.0369. The van der Waals surface area contributed by atoms with Crippen molar-refractivity contribution in [3.63, 3.8) is 0 Å². The molecule has 1 aromatic rings. The van der Waals surface area contributed by atoms with Crippen molar-refractivity contribution in [2.75, 3.05) is 10.8 Å². The van der Waals surface area contributed by atoms with Gasteiger partial charge in [-0.15, -0.1) is 0 Å². The van der Waals surface area contributed by atoms with Gasteiger partial charge in [-0.2, -0.15) is 23.3 Å². The van der Waals surface area contributed by atoms with E-state index in [1.54, 1.807) is 13.8 Å². The van der Waals surface area contributed by atoms with E-state index in [1.165, 1.54) is 13.0 Å². The summed E-state index contributed by atoms with van der Waals surface area (Å²) in [7, 11) is -3.88. The number of sulfone groups is 1. The summed E-state index contributed by atoms with van der Waals surface area (Å²) >= 11 is 0. The molecule has 140 valence electrons. The molecule has 1 aromatic carbocycles. The fourth-order valence-corrected chi connectivity index (χ4v) is 5.66. The SMILES string of the molecule is CC1=NN(c2cccc(C(F)(F)F)c2)C(=O)[C@@]12CC(C)=C(C)CS2(=O)=O. The van der Waals surface area contributed by atoms with E-state index in [9.17, 15) is 26.4 Å². The molecule has 0 radical (unpaired) electrons. The maximum Gasteiger partial charge on any atom is 0.416 e. The summed E-state index contributed by atoms with van der Waals surface area (Å²) < 4.78 is 62.7. The Morgan fingerprint density at radius 2 is 1.81 bits per heavy atom. The van der Waals surface area contributed by atoms with E-state index in [-0.39, 0.29) is 23.6 Å². The second kappa shape index (κ2) is 5.67. The van der Waals surface area contributed by atoms with Crippen LogP contribution in [0.25, 0.3) is 0 Å². The molecule has 0 saturated carbocycles. The highest BCUT2D eigenvalue weighted by molar-refractivity contribution is 7.94. The normalized spacial score (nSPS) is 25.8. The number of allylic oxidation sites excluding steroid dienone is 1. The van der Waals surface area contributed by atoms with Crippen LogP contribution in [0.15, 0.2) is 40.5 Å². The molecule has 2 aliphatic heterocycles. The number of nitrogens with zero attached hydrogens (tertiary/aromatic N) is 2. The molecule has 9 heteroatoms. The number of rotatable bonds is 1. The van der Waals surface area contributed by atoms with Crippen molar-refractivity contribution in [3.8, 4) is 0 Å². The van der Waals surface area contributed by atoms with Gasteiger partial charge in [-0.3, -0.25) is 4.79 Å². The van der Waals surface area contributed by atoms with Crippen LogP contribution < -0.4 is 5.01 Å². The summed E-state index contributed by atoms with van der Waals surface area (Å²) in [6, 6.07) is 4.12. The number of carbonyl (C=O) groups is 1. The fourth-order valence-electron chi connectivity index (χ4n) is 3.32. The topological polar surface area (TPSA) is 66.8 Å². The molecular formula is C17H17F3N2O3S. The first-order valence-corrected chi connectivity index (χ1v) is 9.50. The molecule has 0 fully saturated rings. The highest BCUT2D eigenvalue weighted by Gasteiger charge is 2.60. The highest BCUT2D eigenvalue weighted by atomic mass is 32.2. The second-order valence-corrected chi connectivity index (χ2v) is 8.89. The van der Waals surface area contributed by atoms with Crippen LogP contribution in [0.2, 0.25) is 0 Å². The number of alkyl halides is 3. The lowest BCUT2D eigenvalue weighted by Crippen LogP contribution is -2.55. The largest absolute Gasteiger partial charge is 0.416 e. The fraction of sp³-hybridized carbons (Fsp3) is 0.412. The van der Waals surface area contributed by atoms with Crippen LogP contribution in [0.3, 0.4) is 0 Å². The lowest BCUT2D eigenvalue weighted by molar-refractivity contribution is -0.137. The molecule has 3 rings (SSSR count). The van der Waals surface area contributed by atoms with Gasteiger partial charge in [-0.1, -0.05) is 17.2 Å². The molecular weight excluding hydrogens is 369 g/mol. The second-order valence-electron chi connectivity index (χ2n) is 6.67. The van der Waals surface area contributed by atoms with Gasteiger partial charge in [-0.05, 0) is 39.0 Å². The van der Waals surface area contributed by atoms with E-state index in [4.69, 9.17) is 0 Å². The Balaban J connectivity index is 2.10. The molecule has 26 heavy (non-hydrogen) atoms. The Morgan fingerprint density at radius 3 is 2.42 bits per heavy atom. The molecule has 2 heterocycles. The number of hydrogen-bond donors (Lipinski definition) is 0.